The van der Waals surface area contributed by atoms with Gasteiger partial charge in [-0.25, -0.2) is 0 Å². The van der Waals surface area contributed by atoms with Crippen molar-refractivity contribution in [3.05, 3.63) is 53.6 Å². The highest BCUT2D eigenvalue weighted by Gasteiger charge is 2.08. The van der Waals surface area contributed by atoms with E-state index in [0.717, 1.165) is 25.2 Å². The van der Waals surface area contributed by atoms with E-state index in [-0.39, 0.29) is 0 Å². The van der Waals surface area contributed by atoms with E-state index in [4.69, 9.17) is 4.74 Å². The van der Waals surface area contributed by atoms with Crippen LogP contribution in [0.15, 0.2) is 48.1 Å². The summed E-state index contributed by atoms with van der Waals surface area (Å²) in [7, 11) is 3.25. The number of fused-ring (bicyclic) bond motifs is 1. The molecular weight excluding hydrogens is 272 g/mol. The first-order valence-corrected chi connectivity index (χ1v) is 8.03. The molecule has 0 aromatic heterocycles. The Morgan fingerprint density at radius 2 is 1.77 bits per heavy atom. The van der Waals surface area contributed by atoms with Crippen LogP contribution >= 0.6 is 0 Å². The summed E-state index contributed by atoms with van der Waals surface area (Å²) in [6.45, 7) is 11.1. The number of ether oxygens (including phenoxy) is 2. The largest absolute Gasteiger partial charge is 0.493 e. The van der Waals surface area contributed by atoms with Crippen molar-refractivity contribution in [3.8, 4) is 5.75 Å². The third-order valence-corrected chi connectivity index (χ3v) is 2.77. The quantitative estimate of drug-likeness (QED) is 0.640. The fourth-order valence-electron chi connectivity index (χ4n) is 1.54. The van der Waals surface area contributed by atoms with Crippen LogP contribution in [0, 0.1) is 0 Å². The van der Waals surface area contributed by atoms with Gasteiger partial charge in [0, 0.05) is 20.6 Å². The molecule has 1 aromatic rings. The van der Waals surface area contributed by atoms with E-state index in [0.29, 0.717) is 0 Å². The maximum atomic E-state index is 5.30. The summed E-state index contributed by atoms with van der Waals surface area (Å²) in [6.07, 6.45) is 8.56. The van der Waals surface area contributed by atoms with Gasteiger partial charge in [0.25, 0.3) is 0 Å². The van der Waals surface area contributed by atoms with Crippen molar-refractivity contribution in [1.29, 1.82) is 0 Å². The van der Waals surface area contributed by atoms with E-state index < -0.39 is 0 Å². The number of benzene rings is 1. The fourth-order valence-corrected chi connectivity index (χ4v) is 1.54. The Labute approximate surface area is 137 Å². The van der Waals surface area contributed by atoms with Gasteiger partial charge >= 0.3 is 0 Å². The molecule has 0 radical (unpaired) electrons. The Morgan fingerprint density at radius 3 is 2.27 bits per heavy atom. The molecule has 0 unspecified atom stereocenters. The van der Waals surface area contributed by atoms with Crippen LogP contribution in [0.5, 0.6) is 5.75 Å². The lowest BCUT2D eigenvalue weighted by Crippen LogP contribution is -1.85. The molecule has 2 rings (SSSR count). The summed E-state index contributed by atoms with van der Waals surface area (Å²) in [5.41, 5.74) is 2.78. The van der Waals surface area contributed by atoms with Crippen molar-refractivity contribution in [3.63, 3.8) is 0 Å². The molecule has 1 heterocycles. The van der Waals surface area contributed by atoms with Crippen LogP contribution in [0.4, 0.5) is 0 Å². The van der Waals surface area contributed by atoms with Crippen molar-refractivity contribution < 1.29 is 9.47 Å². The van der Waals surface area contributed by atoms with E-state index in [9.17, 15) is 0 Å². The summed E-state index contributed by atoms with van der Waals surface area (Å²) in [4.78, 5) is 0. The van der Waals surface area contributed by atoms with Gasteiger partial charge in [0.1, 0.15) is 5.75 Å². The highest BCUT2D eigenvalue weighted by atomic mass is 16.5. The normalized spacial score (nSPS) is 11.9. The zero-order valence-electron chi connectivity index (χ0n) is 15.5. The third kappa shape index (κ3) is 12.2. The molecule has 22 heavy (non-hydrogen) atoms. The standard InChI is InChI=1S/C8H8O.C8H14.C2H6O.C2H6/c1-2-4-8-7(3-1)5-6-9-8;1-4-6-7-8(3)5-2;1-3-2;1-2/h1-4H,5-6H2;4-6H,7H2,1-3H3;1-2H3;1-2H3/b;6-4-,8-5-;;. The summed E-state index contributed by atoms with van der Waals surface area (Å²) in [6, 6.07) is 8.18. The summed E-state index contributed by atoms with van der Waals surface area (Å²) < 4.78 is 9.55. The molecule has 0 saturated heterocycles. The van der Waals surface area contributed by atoms with Crippen LogP contribution in [0.1, 0.15) is 46.6 Å². The highest BCUT2D eigenvalue weighted by molar-refractivity contribution is 5.35. The van der Waals surface area contributed by atoms with Gasteiger partial charge in [-0.1, -0.05) is 55.8 Å². The molecular formula is C20H34O2. The molecule has 126 valence electrons. The molecule has 2 nitrogen and oxygen atoms in total. The molecule has 0 bridgehead atoms. The minimum atomic E-state index is 0.860. The molecule has 0 amide bonds. The molecule has 2 heteroatoms. The van der Waals surface area contributed by atoms with Crippen molar-refractivity contribution in [2.45, 2.75) is 47.5 Å². The smallest absolute Gasteiger partial charge is 0.122 e. The fraction of sp³-hybridized carbons (Fsp3) is 0.500. The Hall–Kier alpha value is -1.54. The van der Waals surface area contributed by atoms with E-state index in [1.54, 1.807) is 14.2 Å². The molecule has 0 aliphatic carbocycles. The highest BCUT2D eigenvalue weighted by Crippen LogP contribution is 2.23. The second-order valence-electron chi connectivity index (χ2n) is 4.52. The number of rotatable bonds is 2. The summed E-state index contributed by atoms with van der Waals surface area (Å²) >= 11 is 0. The first kappa shape index (κ1) is 22.7. The van der Waals surface area contributed by atoms with E-state index in [1.807, 2.05) is 39.0 Å². The maximum absolute atomic E-state index is 5.30. The minimum absolute atomic E-state index is 0.860. The average molecular weight is 306 g/mol. The van der Waals surface area contributed by atoms with E-state index >= 15 is 0 Å². The zero-order valence-corrected chi connectivity index (χ0v) is 15.5. The maximum Gasteiger partial charge on any atom is 0.122 e. The van der Waals surface area contributed by atoms with Crippen LogP contribution < -0.4 is 4.74 Å². The third-order valence-electron chi connectivity index (χ3n) is 2.77. The summed E-state index contributed by atoms with van der Waals surface area (Å²) in [5, 5.41) is 0. The molecule has 0 spiro atoms. The van der Waals surface area contributed by atoms with Gasteiger partial charge in [-0.2, -0.15) is 0 Å². The van der Waals surface area contributed by atoms with Crippen LogP contribution in [0.2, 0.25) is 0 Å². The van der Waals surface area contributed by atoms with Crippen molar-refractivity contribution >= 4 is 0 Å². The Balaban J connectivity index is 0. The molecule has 1 aliphatic rings. The van der Waals surface area contributed by atoms with Crippen LogP contribution in [-0.2, 0) is 11.2 Å². The van der Waals surface area contributed by atoms with Gasteiger partial charge in [-0.15, -0.1) is 0 Å². The topological polar surface area (TPSA) is 18.5 Å². The zero-order chi connectivity index (χ0) is 17.2. The van der Waals surface area contributed by atoms with E-state index in [2.05, 4.69) is 42.9 Å². The number of methoxy groups -OCH3 is 1. The van der Waals surface area contributed by atoms with Gasteiger partial charge in [-0.3, -0.25) is 0 Å². The minimum Gasteiger partial charge on any atom is -0.493 e. The SMILES string of the molecule is C/C=C\C/C(C)=C\C.CC.COC.c1ccc2c(c1)CCO2. The van der Waals surface area contributed by atoms with E-state index in [1.165, 1.54) is 11.1 Å². The Bertz CT molecular complexity index is 383. The van der Waals surface area contributed by atoms with Gasteiger partial charge in [0.05, 0.1) is 6.61 Å². The molecule has 0 saturated carbocycles. The molecule has 1 aliphatic heterocycles. The average Bonchev–Trinajstić information content (AvgIpc) is 3.04. The summed E-state index contributed by atoms with van der Waals surface area (Å²) in [5.74, 6) is 1.07. The second kappa shape index (κ2) is 17.5. The second-order valence-corrected chi connectivity index (χ2v) is 4.52. The van der Waals surface area contributed by atoms with Crippen LogP contribution in [0.3, 0.4) is 0 Å². The lowest BCUT2D eigenvalue weighted by molar-refractivity contribution is 0.277. The molecule has 1 aromatic carbocycles. The van der Waals surface area contributed by atoms with Crippen LogP contribution in [0.25, 0.3) is 0 Å². The monoisotopic (exact) mass is 306 g/mol. The van der Waals surface area contributed by atoms with Gasteiger partial charge in [0.15, 0.2) is 0 Å². The molecule has 0 N–H and O–H groups in total. The molecule has 0 atom stereocenters. The number of allylic oxidation sites excluding steroid dienone is 4. The first-order valence-electron chi connectivity index (χ1n) is 8.03. The first-order chi connectivity index (χ1) is 10.7. The Kier molecular flexibility index (Phi) is 18.1. The number of hydrogen-bond acceptors (Lipinski definition) is 2. The van der Waals surface area contributed by atoms with Crippen molar-refractivity contribution in [1.82, 2.24) is 0 Å². The number of para-hydroxylation sites is 1. The predicted molar refractivity (Wildman–Crippen MR) is 98.8 cm³/mol. The van der Waals surface area contributed by atoms with Crippen LogP contribution in [-0.4, -0.2) is 20.8 Å². The van der Waals surface area contributed by atoms with Gasteiger partial charge in [-0.05, 0) is 38.8 Å². The van der Waals surface area contributed by atoms with Crippen molar-refractivity contribution in [2.75, 3.05) is 20.8 Å². The Morgan fingerprint density at radius 1 is 1.18 bits per heavy atom. The van der Waals surface area contributed by atoms with Gasteiger partial charge < -0.3 is 9.47 Å². The van der Waals surface area contributed by atoms with Crippen molar-refractivity contribution in [2.24, 2.45) is 0 Å². The predicted octanol–water partition coefficient (Wildman–Crippen LogP) is 5.83. The van der Waals surface area contributed by atoms with Gasteiger partial charge in [0.2, 0.25) is 0 Å². The molecule has 0 fully saturated rings. The lowest BCUT2D eigenvalue weighted by Gasteiger charge is -1.93. The lowest BCUT2D eigenvalue weighted by atomic mass is 10.2. The number of hydrogen-bond donors (Lipinski definition) is 0.